The Kier molecular flexibility index (Phi) is 4.90. The molecule has 3 rings (SSSR count). The van der Waals surface area contributed by atoms with Crippen molar-refractivity contribution in [3.8, 4) is 11.3 Å². The number of rotatable bonds is 4. The topological polar surface area (TPSA) is 68.3 Å². The second-order valence-electron chi connectivity index (χ2n) is 5.36. The lowest BCUT2D eigenvalue weighted by Crippen LogP contribution is -2.12. The van der Waals surface area contributed by atoms with Crippen molar-refractivity contribution in [3.05, 3.63) is 70.0 Å². The first-order valence-electron chi connectivity index (χ1n) is 7.59. The third-order valence-electron chi connectivity index (χ3n) is 3.60. The average Bonchev–Trinajstić information content (AvgIpc) is 3.08. The van der Waals surface area contributed by atoms with Crippen LogP contribution in [0.3, 0.4) is 0 Å². The third-order valence-corrected chi connectivity index (χ3v) is 4.38. The van der Waals surface area contributed by atoms with Crippen molar-refractivity contribution in [2.24, 2.45) is 0 Å². The summed E-state index contributed by atoms with van der Waals surface area (Å²) in [5.41, 5.74) is 3.39. The van der Waals surface area contributed by atoms with Gasteiger partial charge in [0.15, 0.2) is 0 Å². The van der Waals surface area contributed by atoms with Gasteiger partial charge in [-0.2, -0.15) is 0 Å². The van der Waals surface area contributed by atoms with Gasteiger partial charge in [0.25, 0.3) is 5.91 Å². The third kappa shape index (κ3) is 3.92. The lowest BCUT2D eigenvalue weighted by atomic mass is 10.1. The summed E-state index contributed by atoms with van der Waals surface area (Å²) >= 11 is 1.59. The SMILES string of the molecule is COC(=O)c1ccc(C(=O)Nc2cccc(-c3csc(C)n3)c2)cc1. The van der Waals surface area contributed by atoms with Crippen LogP contribution in [0.4, 0.5) is 5.69 Å². The number of aromatic nitrogens is 1. The van der Waals surface area contributed by atoms with E-state index in [4.69, 9.17) is 0 Å². The molecule has 5 nitrogen and oxygen atoms in total. The standard InChI is InChI=1S/C19H16N2O3S/c1-12-20-17(11-25-12)15-4-3-5-16(10-15)21-18(22)13-6-8-14(9-7-13)19(23)24-2/h3-11H,1-2H3,(H,21,22). The number of aryl methyl sites for hydroxylation is 1. The van der Waals surface area contributed by atoms with Crippen molar-refractivity contribution in [1.82, 2.24) is 4.98 Å². The first-order valence-corrected chi connectivity index (χ1v) is 8.47. The Morgan fingerprint density at radius 2 is 1.80 bits per heavy atom. The number of carbonyl (C=O) groups is 2. The predicted octanol–water partition coefficient (Wildman–Crippen LogP) is 4.16. The molecule has 0 aliphatic heterocycles. The molecular formula is C19H16N2O3S. The predicted molar refractivity (Wildman–Crippen MR) is 98.0 cm³/mol. The number of amides is 1. The van der Waals surface area contributed by atoms with E-state index in [1.807, 2.05) is 36.6 Å². The van der Waals surface area contributed by atoms with Crippen molar-refractivity contribution < 1.29 is 14.3 Å². The number of carbonyl (C=O) groups excluding carboxylic acids is 2. The zero-order valence-corrected chi connectivity index (χ0v) is 14.6. The van der Waals surface area contributed by atoms with Crippen LogP contribution in [0.25, 0.3) is 11.3 Å². The fraction of sp³-hybridized carbons (Fsp3) is 0.105. The molecule has 126 valence electrons. The molecule has 25 heavy (non-hydrogen) atoms. The number of ether oxygens (including phenoxy) is 1. The Labute approximate surface area is 149 Å². The van der Waals surface area contributed by atoms with Crippen LogP contribution in [0.2, 0.25) is 0 Å². The lowest BCUT2D eigenvalue weighted by Gasteiger charge is -2.07. The van der Waals surface area contributed by atoms with Crippen LogP contribution in [-0.2, 0) is 4.74 Å². The van der Waals surface area contributed by atoms with E-state index in [2.05, 4.69) is 15.0 Å². The summed E-state index contributed by atoms with van der Waals surface area (Å²) in [5, 5.41) is 5.84. The van der Waals surface area contributed by atoms with Gasteiger partial charge in [0.2, 0.25) is 0 Å². The number of nitrogens with zero attached hydrogens (tertiary/aromatic N) is 1. The highest BCUT2D eigenvalue weighted by atomic mass is 32.1. The molecule has 0 spiro atoms. The molecule has 1 aromatic heterocycles. The first kappa shape index (κ1) is 16.9. The summed E-state index contributed by atoms with van der Waals surface area (Å²) < 4.78 is 4.64. The maximum absolute atomic E-state index is 12.4. The number of methoxy groups -OCH3 is 1. The summed E-state index contributed by atoms with van der Waals surface area (Å²) in [7, 11) is 1.32. The second-order valence-corrected chi connectivity index (χ2v) is 6.42. The molecule has 0 saturated heterocycles. The van der Waals surface area contributed by atoms with Crippen LogP contribution in [0, 0.1) is 6.92 Å². The van der Waals surface area contributed by atoms with Crippen LogP contribution in [0.15, 0.2) is 53.9 Å². The van der Waals surface area contributed by atoms with Gasteiger partial charge in [-0.1, -0.05) is 12.1 Å². The van der Waals surface area contributed by atoms with Gasteiger partial charge in [0.1, 0.15) is 0 Å². The van der Waals surface area contributed by atoms with Crippen molar-refractivity contribution in [3.63, 3.8) is 0 Å². The molecule has 0 radical (unpaired) electrons. The summed E-state index contributed by atoms with van der Waals surface area (Å²) in [4.78, 5) is 28.3. The Hall–Kier alpha value is -2.99. The highest BCUT2D eigenvalue weighted by Crippen LogP contribution is 2.24. The van der Waals surface area contributed by atoms with Crippen LogP contribution < -0.4 is 5.32 Å². The second kappa shape index (κ2) is 7.27. The van der Waals surface area contributed by atoms with Crippen molar-refractivity contribution in [2.75, 3.05) is 12.4 Å². The molecule has 3 aromatic rings. The number of benzene rings is 2. The van der Waals surface area contributed by atoms with Crippen LogP contribution in [0.5, 0.6) is 0 Å². The number of thiazole rings is 1. The van der Waals surface area contributed by atoms with E-state index in [-0.39, 0.29) is 5.91 Å². The summed E-state index contributed by atoms with van der Waals surface area (Å²) in [6.45, 7) is 1.96. The van der Waals surface area contributed by atoms with Gasteiger partial charge in [-0.15, -0.1) is 11.3 Å². The van der Waals surface area contributed by atoms with E-state index in [1.165, 1.54) is 7.11 Å². The number of esters is 1. The Morgan fingerprint density at radius 1 is 1.08 bits per heavy atom. The number of anilines is 1. The van der Waals surface area contributed by atoms with Crippen molar-refractivity contribution >= 4 is 28.9 Å². The molecule has 6 heteroatoms. The molecule has 0 saturated carbocycles. The molecule has 2 aromatic carbocycles. The number of hydrogen-bond donors (Lipinski definition) is 1. The van der Waals surface area contributed by atoms with E-state index in [9.17, 15) is 9.59 Å². The summed E-state index contributed by atoms with van der Waals surface area (Å²) in [6, 6.07) is 13.9. The molecule has 1 N–H and O–H groups in total. The molecule has 1 amide bonds. The molecule has 1 heterocycles. The minimum Gasteiger partial charge on any atom is -0.465 e. The summed E-state index contributed by atoms with van der Waals surface area (Å²) in [5.74, 6) is -0.679. The highest BCUT2D eigenvalue weighted by molar-refractivity contribution is 7.09. The van der Waals surface area contributed by atoms with Gasteiger partial charge in [-0.3, -0.25) is 4.79 Å². The maximum Gasteiger partial charge on any atom is 0.337 e. The van der Waals surface area contributed by atoms with Gasteiger partial charge in [-0.05, 0) is 43.3 Å². The van der Waals surface area contributed by atoms with E-state index in [1.54, 1.807) is 35.6 Å². The lowest BCUT2D eigenvalue weighted by molar-refractivity contribution is 0.0600. The fourth-order valence-electron chi connectivity index (χ4n) is 2.33. The molecule has 0 unspecified atom stereocenters. The largest absolute Gasteiger partial charge is 0.465 e. The van der Waals surface area contributed by atoms with E-state index < -0.39 is 5.97 Å². The normalized spacial score (nSPS) is 10.3. The molecule has 0 aliphatic rings. The van der Waals surface area contributed by atoms with E-state index >= 15 is 0 Å². The smallest absolute Gasteiger partial charge is 0.337 e. The summed E-state index contributed by atoms with van der Waals surface area (Å²) in [6.07, 6.45) is 0. The van der Waals surface area contributed by atoms with Crippen LogP contribution in [-0.4, -0.2) is 24.0 Å². The van der Waals surface area contributed by atoms with Gasteiger partial charge >= 0.3 is 5.97 Å². The highest BCUT2D eigenvalue weighted by Gasteiger charge is 2.10. The number of hydrogen-bond acceptors (Lipinski definition) is 5. The van der Waals surface area contributed by atoms with Crippen molar-refractivity contribution in [1.29, 1.82) is 0 Å². The molecule has 0 aliphatic carbocycles. The van der Waals surface area contributed by atoms with Gasteiger partial charge in [0.05, 0.1) is 23.4 Å². The zero-order valence-electron chi connectivity index (χ0n) is 13.8. The number of nitrogens with one attached hydrogen (secondary N) is 1. The minimum absolute atomic E-state index is 0.247. The first-order chi connectivity index (χ1) is 12.1. The maximum atomic E-state index is 12.4. The van der Waals surface area contributed by atoms with E-state index in [0.717, 1.165) is 16.3 Å². The van der Waals surface area contributed by atoms with Crippen LogP contribution >= 0.6 is 11.3 Å². The molecule has 0 bridgehead atoms. The average molecular weight is 352 g/mol. The molecule has 0 atom stereocenters. The zero-order chi connectivity index (χ0) is 17.8. The van der Waals surface area contributed by atoms with Crippen molar-refractivity contribution in [2.45, 2.75) is 6.92 Å². The Bertz CT molecular complexity index is 916. The molecular weight excluding hydrogens is 336 g/mol. The quantitative estimate of drug-likeness (QED) is 0.716. The Balaban J connectivity index is 1.76. The van der Waals surface area contributed by atoms with Gasteiger partial charge < -0.3 is 10.1 Å². The monoisotopic (exact) mass is 352 g/mol. The van der Waals surface area contributed by atoms with Gasteiger partial charge in [0, 0.05) is 22.2 Å². The van der Waals surface area contributed by atoms with Gasteiger partial charge in [-0.25, -0.2) is 9.78 Å². The molecule has 0 fully saturated rings. The van der Waals surface area contributed by atoms with E-state index in [0.29, 0.717) is 16.8 Å². The minimum atomic E-state index is -0.432. The fourth-order valence-corrected chi connectivity index (χ4v) is 2.95. The van der Waals surface area contributed by atoms with Crippen LogP contribution in [0.1, 0.15) is 25.7 Å². The Morgan fingerprint density at radius 3 is 2.44 bits per heavy atom.